The minimum absolute atomic E-state index is 0.454. The molecule has 1 unspecified atom stereocenters. The molecule has 0 aliphatic heterocycles. The van der Waals surface area contributed by atoms with Crippen molar-refractivity contribution in [2.75, 3.05) is 6.54 Å². The van der Waals surface area contributed by atoms with Gasteiger partial charge in [-0.3, -0.25) is 0 Å². The summed E-state index contributed by atoms with van der Waals surface area (Å²) in [4.78, 5) is 0. The molecule has 88 valence electrons. The summed E-state index contributed by atoms with van der Waals surface area (Å²) in [6.07, 6.45) is 3.13. The number of benzene rings is 1. The fourth-order valence-corrected chi connectivity index (χ4v) is 1.94. The van der Waals surface area contributed by atoms with Gasteiger partial charge in [0.25, 0.3) is 0 Å². The first-order valence-corrected chi connectivity index (χ1v) is 5.84. The Labute approximate surface area is 94.9 Å². The van der Waals surface area contributed by atoms with E-state index < -0.39 is 11.6 Å². The van der Waals surface area contributed by atoms with Gasteiger partial charge in [0.05, 0.1) is 0 Å². The van der Waals surface area contributed by atoms with Crippen molar-refractivity contribution in [2.45, 2.75) is 32.2 Å². The highest BCUT2D eigenvalue weighted by atomic mass is 19.2. The lowest BCUT2D eigenvalue weighted by atomic mass is 10.1. The van der Waals surface area contributed by atoms with Crippen LogP contribution in [0.5, 0.6) is 0 Å². The minimum atomic E-state index is -0.757. The van der Waals surface area contributed by atoms with E-state index in [9.17, 15) is 8.78 Å². The molecule has 1 fully saturated rings. The van der Waals surface area contributed by atoms with E-state index in [1.54, 1.807) is 12.1 Å². The van der Waals surface area contributed by atoms with Gasteiger partial charge in [-0.15, -0.1) is 0 Å². The summed E-state index contributed by atoms with van der Waals surface area (Å²) >= 11 is 0. The third kappa shape index (κ3) is 2.79. The summed E-state index contributed by atoms with van der Waals surface area (Å²) in [5.74, 6) is -0.673. The molecule has 1 nitrogen and oxygen atoms in total. The molecule has 0 heterocycles. The molecule has 1 N–H and O–H groups in total. The normalized spacial score (nSPS) is 17.4. The van der Waals surface area contributed by atoms with Crippen LogP contribution in [0.3, 0.4) is 0 Å². The van der Waals surface area contributed by atoms with Crippen molar-refractivity contribution < 1.29 is 8.78 Å². The largest absolute Gasteiger partial charge is 0.314 e. The second kappa shape index (κ2) is 4.91. The van der Waals surface area contributed by atoms with Crippen molar-refractivity contribution in [1.29, 1.82) is 0 Å². The maximum absolute atomic E-state index is 13.3. The maximum Gasteiger partial charge on any atom is 0.162 e. The molecule has 1 aliphatic carbocycles. The van der Waals surface area contributed by atoms with E-state index in [0.29, 0.717) is 24.6 Å². The lowest BCUT2D eigenvalue weighted by Crippen LogP contribution is -2.29. The van der Waals surface area contributed by atoms with Crippen LogP contribution in [0, 0.1) is 17.6 Å². The summed E-state index contributed by atoms with van der Waals surface area (Å²) in [6, 6.07) is 4.84. The van der Waals surface area contributed by atoms with Crippen LogP contribution in [0.15, 0.2) is 18.2 Å². The van der Waals surface area contributed by atoms with Crippen molar-refractivity contribution in [1.82, 2.24) is 5.32 Å². The van der Waals surface area contributed by atoms with E-state index in [0.717, 1.165) is 12.0 Å². The average Bonchev–Trinajstić information content (AvgIpc) is 3.07. The molecule has 3 heteroatoms. The highest BCUT2D eigenvalue weighted by Crippen LogP contribution is 2.32. The summed E-state index contributed by atoms with van der Waals surface area (Å²) < 4.78 is 26.2. The third-order valence-corrected chi connectivity index (χ3v) is 3.22. The fourth-order valence-electron chi connectivity index (χ4n) is 1.94. The molecule has 0 spiro atoms. The molecule has 1 aliphatic rings. The molecule has 1 aromatic rings. The van der Waals surface area contributed by atoms with Crippen LogP contribution < -0.4 is 5.32 Å². The molecule has 0 saturated heterocycles. The molecular formula is C13H17F2N. The zero-order valence-electron chi connectivity index (χ0n) is 9.47. The Morgan fingerprint density at radius 2 is 2.12 bits per heavy atom. The van der Waals surface area contributed by atoms with Crippen molar-refractivity contribution in [2.24, 2.45) is 5.92 Å². The van der Waals surface area contributed by atoms with Crippen LogP contribution in [-0.4, -0.2) is 12.6 Å². The third-order valence-electron chi connectivity index (χ3n) is 3.22. The number of halogens is 2. The number of nitrogens with one attached hydrogen (secondary N) is 1. The second-order valence-electron chi connectivity index (χ2n) is 4.54. The van der Waals surface area contributed by atoms with Gasteiger partial charge >= 0.3 is 0 Å². The highest BCUT2D eigenvalue weighted by Gasteiger charge is 2.27. The van der Waals surface area contributed by atoms with Gasteiger partial charge in [0, 0.05) is 6.04 Å². The first-order chi connectivity index (χ1) is 7.68. The van der Waals surface area contributed by atoms with Crippen LogP contribution in [0.1, 0.15) is 25.3 Å². The molecule has 1 saturated carbocycles. The fraction of sp³-hybridized carbons (Fsp3) is 0.538. The SMILES string of the molecule is CC(NCCc1cccc(F)c1F)C1CC1. The summed E-state index contributed by atoms with van der Waals surface area (Å²) in [7, 11) is 0. The van der Waals surface area contributed by atoms with E-state index in [4.69, 9.17) is 0 Å². The molecule has 0 amide bonds. The Hall–Kier alpha value is -0.960. The van der Waals surface area contributed by atoms with Crippen LogP contribution >= 0.6 is 0 Å². The smallest absolute Gasteiger partial charge is 0.162 e. The molecule has 2 rings (SSSR count). The van der Waals surface area contributed by atoms with Crippen LogP contribution in [0.4, 0.5) is 8.78 Å². The lowest BCUT2D eigenvalue weighted by molar-refractivity contribution is 0.479. The summed E-state index contributed by atoms with van der Waals surface area (Å²) in [5, 5.41) is 3.35. The quantitative estimate of drug-likeness (QED) is 0.812. The van der Waals surface area contributed by atoms with E-state index in [2.05, 4.69) is 12.2 Å². The van der Waals surface area contributed by atoms with Crippen molar-refractivity contribution in [3.8, 4) is 0 Å². The summed E-state index contributed by atoms with van der Waals surface area (Å²) in [6.45, 7) is 2.86. The van der Waals surface area contributed by atoms with E-state index >= 15 is 0 Å². The van der Waals surface area contributed by atoms with Gasteiger partial charge in [0.15, 0.2) is 11.6 Å². The van der Waals surface area contributed by atoms with Crippen molar-refractivity contribution >= 4 is 0 Å². The monoisotopic (exact) mass is 225 g/mol. The Kier molecular flexibility index (Phi) is 3.54. The standard InChI is InChI=1S/C13H17F2N/c1-9(10-5-6-10)16-8-7-11-3-2-4-12(14)13(11)15/h2-4,9-10,16H,5-8H2,1H3. The molecule has 0 radical (unpaired) electrons. The van der Waals surface area contributed by atoms with Crippen molar-refractivity contribution in [3.63, 3.8) is 0 Å². The predicted octanol–water partition coefficient (Wildman–Crippen LogP) is 2.90. The lowest BCUT2D eigenvalue weighted by Gasteiger charge is -2.12. The Bertz CT molecular complexity index is 361. The van der Waals surface area contributed by atoms with E-state index in [-0.39, 0.29) is 0 Å². The molecule has 0 bridgehead atoms. The number of rotatable bonds is 5. The van der Waals surface area contributed by atoms with Crippen molar-refractivity contribution in [3.05, 3.63) is 35.4 Å². The van der Waals surface area contributed by atoms with E-state index in [1.807, 2.05) is 0 Å². The minimum Gasteiger partial charge on any atom is -0.314 e. The maximum atomic E-state index is 13.3. The van der Waals surface area contributed by atoms with Crippen LogP contribution in [0.2, 0.25) is 0 Å². The zero-order valence-corrected chi connectivity index (χ0v) is 9.47. The number of hydrogen-bond acceptors (Lipinski definition) is 1. The average molecular weight is 225 g/mol. The first kappa shape index (κ1) is 11.5. The van der Waals surface area contributed by atoms with Gasteiger partial charge in [-0.05, 0) is 50.3 Å². The topological polar surface area (TPSA) is 12.0 Å². The van der Waals surface area contributed by atoms with Gasteiger partial charge in [0.2, 0.25) is 0 Å². The van der Waals surface area contributed by atoms with E-state index in [1.165, 1.54) is 12.8 Å². The van der Waals surface area contributed by atoms with Crippen LogP contribution in [-0.2, 0) is 6.42 Å². The van der Waals surface area contributed by atoms with Crippen LogP contribution in [0.25, 0.3) is 0 Å². The number of hydrogen-bond donors (Lipinski definition) is 1. The highest BCUT2D eigenvalue weighted by molar-refractivity contribution is 5.19. The molecule has 0 aromatic heterocycles. The predicted molar refractivity (Wildman–Crippen MR) is 60.3 cm³/mol. The molecule has 1 atom stereocenters. The van der Waals surface area contributed by atoms with Gasteiger partial charge < -0.3 is 5.32 Å². The molecule has 1 aromatic carbocycles. The molecular weight excluding hydrogens is 208 g/mol. The second-order valence-corrected chi connectivity index (χ2v) is 4.54. The molecule has 16 heavy (non-hydrogen) atoms. The first-order valence-electron chi connectivity index (χ1n) is 5.84. The zero-order chi connectivity index (χ0) is 11.5. The van der Waals surface area contributed by atoms with Gasteiger partial charge in [-0.2, -0.15) is 0 Å². The van der Waals surface area contributed by atoms with Gasteiger partial charge in [-0.1, -0.05) is 12.1 Å². The summed E-state index contributed by atoms with van der Waals surface area (Å²) in [5.41, 5.74) is 0.454. The van der Waals surface area contributed by atoms with Gasteiger partial charge in [-0.25, -0.2) is 8.78 Å². The Balaban J connectivity index is 1.82. The Morgan fingerprint density at radius 3 is 2.81 bits per heavy atom. The Morgan fingerprint density at radius 1 is 1.38 bits per heavy atom. The van der Waals surface area contributed by atoms with Gasteiger partial charge in [0.1, 0.15) is 0 Å².